The number of aromatic amines is 1. The van der Waals surface area contributed by atoms with Crippen molar-refractivity contribution in [1.29, 1.82) is 0 Å². The molecule has 0 aliphatic carbocycles. The van der Waals surface area contributed by atoms with Crippen LogP contribution in [0.25, 0.3) is 11.3 Å². The number of nitrogens with two attached hydrogens (primary N) is 1. The van der Waals surface area contributed by atoms with Crippen molar-refractivity contribution in [3.05, 3.63) is 36.5 Å². The van der Waals surface area contributed by atoms with Crippen LogP contribution in [0.4, 0.5) is 0 Å². The lowest BCUT2D eigenvalue weighted by Crippen LogP contribution is -2.06. The Bertz CT molecular complexity index is 425. The molecule has 0 radical (unpaired) electrons. The molecule has 2 rings (SSSR count). The van der Waals surface area contributed by atoms with Crippen LogP contribution in [0.2, 0.25) is 0 Å². The van der Waals surface area contributed by atoms with Crippen LogP contribution in [-0.2, 0) is 0 Å². The second-order valence-corrected chi connectivity index (χ2v) is 3.45. The molecule has 0 fully saturated rings. The second kappa shape index (κ2) is 5.32. The highest BCUT2D eigenvalue weighted by Gasteiger charge is 2.08. The Morgan fingerprint density at radius 2 is 2.06 bits per heavy atom. The quantitative estimate of drug-likeness (QED) is 0.751. The summed E-state index contributed by atoms with van der Waals surface area (Å²) in [6.07, 6.45) is 2.61. The summed E-state index contributed by atoms with van der Waals surface area (Å²) in [5.74, 6) is 0.777. The van der Waals surface area contributed by atoms with Gasteiger partial charge in [0, 0.05) is 5.56 Å². The SMILES string of the molecule is NCCCOc1c[nH]nc1-c1ccccc1. The fraction of sp³-hybridized carbons (Fsp3) is 0.250. The first-order valence-corrected chi connectivity index (χ1v) is 5.34. The summed E-state index contributed by atoms with van der Waals surface area (Å²) in [5, 5.41) is 7.00. The van der Waals surface area contributed by atoms with Gasteiger partial charge < -0.3 is 10.5 Å². The molecule has 1 aromatic heterocycles. The molecule has 84 valence electrons. The molecule has 0 saturated carbocycles. The number of rotatable bonds is 5. The van der Waals surface area contributed by atoms with Gasteiger partial charge in [-0.15, -0.1) is 0 Å². The third kappa shape index (κ3) is 2.41. The van der Waals surface area contributed by atoms with Crippen molar-refractivity contribution in [2.45, 2.75) is 6.42 Å². The van der Waals surface area contributed by atoms with Crippen LogP contribution in [0.3, 0.4) is 0 Å². The van der Waals surface area contributed by atoms with E-state index in [2.05, 4.69) is 10.2 Å². The summed E-state index contributed by atoms with van der Waals surface area (Å²) in [6.45, 7) is 1.26. The third-order valence-corrected chi connectivity index (χ3v) is 2.26. The van der Waals surface area contributed by atoms with E-state index in [1.54, 1.807) is 6.20 Å². The second-order valence-electron chi connectivity index (χ2n) is 3.45. The van der Waals surface area contributed by atoms with Gasteiger partial charge in [0.15, 0.2) is 5.75 Å². The largest absolute Gasteiger partial charge is 0.490 e. The fourth-order valence-electron chi connectivity index (χ4n) is 1.46. The van der Waals surface area contributed by atoms with Crippen LogP contribution in [0.1, 0.15) is 6.42 Å². The zero-order valence-electron chi connectivity index (χ0n) is 9.02. The minimum absolute atomic E-state index is 0.621. The highest BCUT2D eigenvalue weighted by molar-refractivity contribution is 5.65. The van der Waals surface area contributed by atoms with Crippen LogP contribution in [-0.4, -0.2) is 23.3 Å². The number of H-pyrrole nitrogens is 1. The van der Waals surface area contributed by atoms with E-state index in [9.17, 15) is 0 Å². The van der Waals surface area contributed by atoms with Crippen LogP contribution < -0.4 is 10.5 Å². The van der Waals surface area contributed by atoms with Crippen molar-refractivity contribution in [2.75, 3.05) is 13.2 Å². The summed E-state index contributed by atoms with van der Waals surface area (Å²) >= 11 is 0. The molecule has 0 saturated heterocycles. The summed E-state index contributed by atoms with van der Waals surface area (Å²) < 4.78 is 5.60. The monoisotopic (exact) mass is 217 g/mol. The fourth-order valence-corrected chi connectivity index (χ4v) is 1.46. The number of nitrogens with zero attached hydrogens (tertiary/aromatic N) is 1. The van der Waals surface area contributed by atoms with Crippen molar-refractivity contribution in [3.8, 4) is 17.0 Å². The lowest BCUT2D eigenvalue weighted by atomic mass is 10.1. The Labute approximate surface area is 94.4 Å². The Hall–Kier alpha value is -1.81. The van der Waals surface area contributed by atoms with E-state index >= 15 is 0 Å². The van der Waals surface area contributed by atoms with E-state index in [4.69, 9.17) is 10.5 Å². The average Bonchev–Trinajstić information content (AvgIpc) is 2.79. The predicted molar refractivity (Wildman–Crippen MR) is 63.2 cm³/mol. The van der Waals surface area contributed by atoms with Crippen molar-refractivity contribution in [3.63, 3.8) is 0 Å². The first kappa shape index (κ1) is 10.7. The normalized spacial score (nSPS) is 10.3. The summed E-state index contributed by atoms with van der Waals surface area (Å²) in [7, 11) is 0. The number of hydrogen-bond donors (Lipinski definition) is 2. The van der Waals surface area contributed by atoms with Crippen molar-refractivity contribution in [1.82, 2.24) is 10.2 Å². The van der Waals surface area contributed by atoms with Crippen molar-refractivity contribution < 1.29 is 4.74 Å². The molecule has 1 aromatic carbocycles. The molecule has 0 atom stereocenters. The van der Waals surface area contributed by atoms with Gasteiger partial charge in [-0.2, -0.15) is 5.10 Å². The number of nitrogens with one attached hydrogen (secondary N) is 1. The van der Waals surface area contributed by atoms with Crippen LogP contribution in [0.5, 0.6) is 5.75 Å². The van der Waals surface area contributed by atoms with E-state index in [0.717, 1.165) is 23.4 Å². The van der Waals surface area contributed by atoms with Crippen LogP contribution in [0.15, 0.2) is 36.5 Å². The molecule has 0 unspecified atom stereocenters. The topological polar surface area (TPSA) is 63.9 Å². The van der Waals surface area contributed by atoms with Gasteiger partial charge in [0.05, 0.1) is 12.8 Å². The lowest BCUT2D eigenvalue weighted by Gasteiger charge is -2.04. The van der Waals surface area contributed by atoms with Gasteiger partial charge in [-0.3, -0.25) is 5.10 Å². The molecule has 1 heterocycles. The standard InChI is InChI=1S/C12H15N3O/c13-7-4-8-16-11-9-14-15-12(11)10-5-2-1-3-6-10/h1-3,5-6,9H,4,7-8,13H2,(H,14,15). The maximum Gasteiger partial charge on any atom is 0.164 e. The van der Waals surface area contributed by atoms with Crippen LogP contribution in [0, 0.1) is 0 Å². The Morgan fingerprint density at radius 3 is 2.81 bits per heavy atom. The van der Waals surface area contributed by atoms with E-state index in [1.165, 1.54) is 0 Å². The molecule has 0 spiro atoms. The Morgan fingerprint density at radius 1 is 1.25 bits per heavy atom. The van der Waals surface area contributed by atoms with E-state index in [0.29, 0.717) is 13.2 Å². The molecule has 0 aliphatic rings. The first-order valence-electron chi connectivity index (χ1n) is 5.34. The molecule has 0 aliphatic heterocycles. The molecule has 0 bridgehead atoms. The number of benzene rings is 1. The van der Waals surface area contributed by atoms with Crippen molar-refractivity contribution >= 4 is 0 Å². The third-order valence-electron chi connectivity index (χ3n) is 2.26. The van der Waals surface area contributed by atoms with Gasteiger partial charge in [0.2, 0.25) is 0 Å². The number of hydrogen-bond acceptors (Lipinski definition) is 3. The van der Waals surface area contributed by atoms with Gasteiger partial charge in [0.1, 0.15) is 5.69 Å². The van der Waals surface area contributed by atoms with Gasteiger partial charge in [-0.1, -0.05) is 30.3 Å². The highest BCUT2D eigenvalue weighted by Crippen LogP contribution is 2.26. The maximum absolute atomic E-state index is 5.60. The minimum atomic E-state index is 0.621. The minimum Gasteiger partial charge on any atom is -0.490 e. The number of ether oxygens (including phenoxy) is 1. The average molecular weight is 217 g/mol. The van der Waals surface area contributed by atoms with Crippen molar-refractivity contribution in [2.24, 2.45) is 5.73 Å². The zero-order valence-corrected chi connectivity index (χ0v) is 9.02. The van der Waals surface area contributed by atoms with E-state index in [1.807, 2.05) is 30.3 Å². The molecular weight excluding hydrogens is 202 g/mol. The molecule has 3 N–H and O–H groups in total. The molecule has 2 aromatic rings. The van der Waals surface area contributed by atoms with Gasteiger partial charge in [-0.25, -0.2) is 0 Å². The summed E-state index contributed by atoms with van der Waals surface area (Å²) in [5.41, 5.74) is 7.31. The van der Waals surface area contributed by atoms with Gasteiger partial charge >= 0.3 is 0 Å². The smallest absolute Gasteiger partial charge is 0.164 e. The maximum atomic E-state index is 5.60. The Balaban J connectivity index is 2.13. The lowest BCUT2D eigenvalue weighted by molar-refractivity contribution is 0.315. The molecule has 0 amide bonds. The van der Waals surface area contributed by atoms with Crippen LogP contribution >= 0.6 is 0 Å². The highest BCUT2D eigenvalue weighted by atomic mass is 16.5. The first-order chi connectivity index (χ1) is 7.92. The molecular formula is C12H15N3O. The zero-order chi connectivity index (χ0) is 11.2. The molecule has 4 nitrogen and oxygen atoms in total. The molecule has 4 heteroatoms. The van der Waals surface area contributed by atoms with Gasteiger partial charge in [0.25, 0.3) is 0 Å². The summed E-state index contributed by atoms with van der Waals surface area (Å²) in [6, 6.07) is 9.95. The van der Waals surface area contributed by atoms with Gasteiger partial charge in [-0.05, 0) is 13.0 Å². The number of aromatic nitrogens is 2. The summed E-state index contributed by atoms with van der Waals surface area (Å²) in [4.78, 5) is 0. The molecule has 16 heavy (non-hydrogen) atoms. The Kier molecular flexibility index (Phi) is 3.56. The van der Waals surface area contributed by atoms with E-state index in [-0.39, 0.29) is 0 Å². The van der Waals surface area contributed by atoms with E-state index < -0.39 is 0 Å². The predicted octanol–water partition coefficient (Wildman–Crippen LogP) is 1.80.